The first kappa shape index (κ1) is 19.2. The molecule has 0 aliphatic heterocycles. The third-order valence-electron chi connectivity index (χ3n) is 3.33. The molecule has 134 valence electrons. The Labute approximate surface area is 152 Å². The first-order valence-electron chi connectivity index (χ1n) is 7.50. The van der Waals surface area contributed by atoms with Crippen molar-refractivity contribution in [3.05, 3.63) is 53.6 Å². The van der Waals surface area contributed by atoms with Crippen molar-refractivity contribution < 1.29 is 17.9 Å². The summed E-state index contributed by atoms with van der Waals surface area (Å²) in [5, 5.41) is 3.31. The average Bonchev–Trinajstić information content (AvgIpc) is 2.57. The number of carbonyl (C=O) groups excluding carboxylic acids is 1. The van der Waals surface area contributed by atoms with Gasteiger partial charge in [-0.15, -0.1) is 0 Å². The number of hydrogen-bond donors (Lipinski definition) is 1. The van der Waals surface area contributed by atoms with Crippen LogP contribution in [0.3, 0.4) is 0 Å². The summed E-state index contributed by atoms with van der Waals surface area (Å²) in [5.41, 5.74) is 0.522. The monoisotopic (exact) mass is 382 g/mol. The van der Waals surface area contributed by atoms with Gasteiger partial charge < -0.3 is 10.1 Å². The smallest absolute Gasteiger partial charge is 0.242 e. The van der Waals surface area contributed by atoms with Gasteiger partial charge in [0.05, 0.1) is 17.9 Å². The summed E-state index contributed by atoms with van der Waals surface area (Å²) in [5.74, 6) is 0.410. The highest BCUT2D eigenvalue weighted by Gasteiger charge is 2.16. The van der Waals surface area contributed by atoms with Gasteiger partial charge >= 0.3 is 0 Å². The second-order valence-electron chi connectivity index (χ2n) is 5.41. The van der Waals surface area contributed by atoms with Crippen molar-refractivity contribution >= 4 is 33.2 Å². The van der Waals surface area contributed by atoms with Crippen molar-refractivity contribution in [1.82, 2.24) is 4.31 Å². The van der Waals surface area contributed by atoms with E-state index in [1.54, 1.807) is 36.4 Å². The van der Waals surface area contributed by atoms with Crippen LogP contribution in [-0.2, 0) is 14.8 Å². The van der Waals surface area contributed by atoms with Crippen LogP contribution in [-0.4, -0.2) is 39.3 Å². The number of nitrogens with one attached hydrogen (secondary N) is 1. The molecule has 25 heavy (non-hydrogen) atoms. The van der Waals surface area contributed by atoms with E-state index in [4.69, 9.17) is 16.3 Å². The lowest BCUT2D eigenvalue weighted by atomic mass is 10.3. The van der Waals surface area contributed by atoms with Gasteiger partial charge in [-0.05, 0) is 48.5 Å². The molecule has 2 rings (SSSR count). The molecule has 0 atom stereocenters. The molecular weight excluding hydrogens is 364 g/mol. The number of nitrogens with zero attached hydrogens (tertiary/aromatic N) is 1. The molecule has 0 heterocycles. The molecule has 0 unspecified atom stereocenters. The molecule has 0 fully saturated rings. The fourth-order valence-corrected chi connectivity index (χ4v) is 2.96. The molecule has 0 saturated carbocycles. The number of carbonyl (C=O) groups is 1. The van der Waals surface area contributed by atoms with Crippen LogP contribution in [0.15, 0.2) is 53.4 Å². The van der Waals surface area contributed by atoms with Gasteiger partial charge in [-0.2, -0.15) is 0 Å². The van der Waals surface area contributed by atoms with Crippen molar-refractivity contribution in [2.45, 2.75) is 11.3 Å². The Balaban J connectivity index is 1.85. The lowest BCUT2D eigenvalue weighted by Crippen LogP contribution is -2.22. The normalized spacial score (nSPS) is 11.4. The molecule has 0 radical (unpaired) electrons. The molecule has 1 amide bonds. The highest BCUT2D eigenvalue weighted by atomic mass is 35.5. The number of hydrogen-bond acceptors (Lipinski definition) is 4. The van der Waals surface area contributed by atoms with Gasteiger partial charge in [0.1, 0.15) is 5.75 Å². The molecule has 0 aromatic heterocycles. The van der Waals surface area contributed by atoms with Crippen LogP contribution in [0.25, 0.3) is 0 Å². The molecule has 0 aliphatic rings. The number of anilines is 1. The quantitative estimate of drug-likeness (QED) is 0.798. The summed E-state index contributed by atoms with van der Waals surface area (Å²) >= 11 is 5.78. The highest BCUT2D eigenvalue weighted by molar-refractivity contribution is 7.89. The number of amides is 1. The van der Waals surface area contributed by atoms with Gasteiger partial charge in [0, 0.05) is 24.8 Å². The third kappa shape index (κ3) is 5.45. The van der Waals surface area contributed by atoms with Crippen LogP contribution in [0.1, 0.15) is 6.42 Å². The van der Waals surface area contributed by atoms with E-state index in [1.807, 2.05) is 0 Å². The zero-order chi connectivity index (χ0) is 18.4. The SMILES string of the molecule is CN(C)S(=O)(=O)c1ccc(NC(=O)CCOc2ccc(Cl)cc2)cc1. The average molecular weight is 383 g/mol. The van der Waals surface area contributed by atoms with E-state index in [-0.39, 0.29) is 23.8 Å². The third-order valence-corrected chi connectivity index (χ3v) is 5.41. The van der Waals surface area contributed by atoms with E-state index in [9.17, 15) is 13.2 Å². The van der Waals surface area contributed by atoms with E-state index < -0.39 is 10.0 Å². The maximum Gasteiger partial charge on any atom is 0.242 e. The molecule has 1 N–H and O–H groups in total. The summed E-state index contributed by atoms with van der Waals surface area (Å²) in [6, 6.07) is 12.9. The van der Waals surface area contributed by atoms with Crippen LogP contribution in [0.5, 0.6) is 5.75 Å². The van der Waals surface area contributed by atoms with E-state index >= 15 is 0 Å². The lowest BCUT2D eigenvalue weighted by Gasteiger charge is -2.12. The minimum absolute atomic E-state index is 0.167. The maximum atomic E-state index is 12.0. The summed E-state index contributed by atoms with van der Waals surface area (Å²) in [6.45, 7) is 0.223. The molecule has 0 spiro atoms. The van der Waals surface area contributed by atoms with Crippen molar-refractivity contribution in [1.29, 1.82) is 0 Å². The van der Waals surface area contributed by atoms with Gasteiger partial charge in [0.15, 0.2) is 0 Å². The molecule has 8 heteroatoms. The van der Waals surface area contributed by atoms with Gasteiger partial charge in [-0.3, -0.25) is 4.79 Å². The summed E-state index contributed by atoms with van der Waals surface area (Å²) in [4.78, 5) is 12.1. The Morgan fingerprint density at radius 3 is 2.24 bits per heavy atom. The lowest BCUT2D eigenvalue weighted by molar-refractivity contribution is -0.116. The van der Waals surface area contributed by atoms with Crippen molar-refractivity contribution in [3.63, 3.8) is 0 Å². The zero-order valence-electron chi connectivity index (χ0n) is 13.9. The second-order valence-corrected chi connectivity index (χ2v) is 8.00. The molecular formula is C17H19ClN2O4S. The number of sulfonamides is 1. The van der Waals surface area contributed by atoms with Crippen LogP contribution >= 0.6 is 11.6 Å². The van der Waals surface area contributed by atoms with Gasteiger partial charge in [-0.25, -0.2) is 12.7 Å². The van der Waals surface area contributed by atoms with E-state index in [0.29, 0.717) is 16.5 Å². The van der Waals surface area contributed by atoms with Crippen LogP contribution in [0.4, 0.5) is 5.69 Å². The molecule has 2 aromatic rings. The maximum absolute atomic E-state index is 12.0. The summed E-state index contributed by atoms with van der Waals surface area (Å²) in [6.07, 6.45) is 0.167. The number of halogens is 1. The van der Waals surface area contributed by atoms with Gasteiger partial charge in [0.25, 0.3) is 0 Å². The van der Waals surface area contributed by atoms with Gasteiger partial charge in [-0.1, -0.05) is 11.6 Å². The van der Waals surface area contributed by atoms with Crippen LogP contribution < -0.4 is 10.1 Å². The molecule has 0 bridgehead atoms. The van der Waals surface area contributed by atoms with Crippen molar-refractivity contribution in [3.8, 4) is 5.75 Å². The highest BCUT2D eigenvalue weighted by Crippen LogP contribution is 2.17. The Morgan fingerprint density at radius 1 is 1.08 bits per heavy atom. The largest absolute Gasteiger partial charge is 0.493 e. The van der Waals surface area contributed by atoms with Crippen LogP contribution in [0, 0.1) is 0 Å². The first-order valence-corrected chi connectivity index (χ1v) is 9.31. The minimum atomic E-state index is -3.48. The fourth-order valence-electron chi connectivity index (χ4n) is 1.94. The summed E-state index contributed by atoms with van der Waals surface area (Å²) in [7, 11) is -0.551. The number of benzene rings is 2. The van der Waals surface area contributed by atoms with E-state index in [0.717, 1.165) is 4.31 Å². The Morgan fingerprint density at radius 2 is 1.68 bits per heavy atom. The van der Waals surface area contributed by atoms with E-state index in [2.05, 4.69) is 5.32 Å². The zero-order valence-corrected chi connectivity index (χ0v) is 15.5. The standard InChI is InChI=1S/C17H19ClN2O4S/c1-20(2)25(22,23)16-9-5-14(6-10-16)19-17(21)11-12-24-15-7-3-13(18)4-8-15/h3-10H,11-12H2,1-2H3,(H,19,21). The summed E-state index contributed by atoms with van der Waals surface area (Å²) < 4.78 is 30.5. The molecule has 0 saturated heterocycles. The Bertz CT molecular complexity index is 819. The predicted octanol–water partition coefficient (Wildman–Crippen LogP) is 3.00. The molecule has 6 nitrogen and oxygen atoms in total. The first-order chi connectivity index (χ1) is 11.8. The Kier molecular flexibility index (Phi) is 6.41. The van der Waals surface area contributed by atoms with Crippen molar-refractivity contribution in [2.75, 3.05) is 26.0 Å². The van der Waals surface area contributed by atoms with Gasteiger partial charge in [0.2, 0.25) is 15.9 Å². The van der Waals surface area contributed by atoms with Crippen molar-refractivity contribution in [2.24, 2.45) is 0 Å². The van der Waals surface area contributed by atoms with E-state index in [1.165, 1.54) is 26.2 Å². The second kappa shape index (κ2) is 8.33. The topological polar surface area (TPSA) is 75.7 Å². The molecule has 0 aliphatic carbocycles. The fraction of sp³-hybridized carbons (Fsp3) is 0.235. The Hall–Kier alpha value is -2.09. The molecule has 2 aromatic carbocycles. The predicted molar refractivity (Wildman–Crippen MR) is 97.5 cm³/mol. The number of rotatable bonds is 7. The number of ether oxygens (including phenoxy) is 1. The minimum Gasteiger partial charge on any atom is -0.493 e. The van der Waals surface area contributed by atoms with Crippen LogP contribution in [0.2, 0.25) is 5.02 Å².